The first-order chi connectivity index (χ1) is 14.9. The molecule has 0 radical (unpaired) electrons. The number of aromatic nitrogens is 1. The molecule has 0 aliphatic carbocycles. The molecule has 0 amide bonds. The van der Waals surface area contributed by atoms with Crippen LogP contribution in [0.4, 0.5) is 22.9 Å². The van der Waals surface area contributed by atoms with Gasteiger partial charge in [-0.15, -0.1) is 0 Å². The predicted octanol–water partition coefficient (Wildman–Crippen LogP) is 6.68. The molecule has 1 heterocycles. The number of nitro groups is 1. The van der Waals surface area contributed by atoms with E-state index in [4.69, 9.17) is 16.6 Å². The highest BCUT2D eigenvalue weighted by molar-refractivity contribution is 9.10. The number of rotatable bonds is 6. The molecule has 0 fully saturated rings. The van der Waals surface area contributed by atoms with Crippen molar-refractivity contribution in [3.05, 3.63) is 91.7 Å². The topological polar surface area (TPSA) is 105 Å². The van der Waals surface area contributed by atoms with E-state index in [1.807, 2.05) is 19.1 Å². The Labute approximate surface area is 186 Å². The summed E-state index contributed by atoms with van der Waals surface area (Å²) in [5.74, 6) is 0.679. The molecule has 0 spiro atoms. The Hall–Kier alpha value is -4.21. The van der Waals surface area contributed by atoms with E-state index in [1.54, 1.807) is 36.4 Å². The van der Waals surface area contributed by atoms with E-state index < -0.39 is 4.92 Å². The quantitative estimate of drug-likeness (QED) is 0.184. The smallest absolute Gasteiger partial charge is 0.311 e. The fourth-order valence-corrected chi connectivity index (χ4v) is 3.37. The molecule has 1 N–H and O–H groups in total. The molecular formula is C22H14BrN5O3. The number of hydrogen-bond donors (Lipinski definition) is 1. The summed E-state index contributed by atoms with van der Waals surface area (Å²) >= 11 is 3.45. The van der Waals surface area contributed by atoms with Crippen molar-refractivity contribution in [2.45, 2.75) is 6.92 Å². The van der Waals surface area contributed by atoms with Crippen LogP contribution in [0.3, 0.4) is 0 Å². The Kier molecular flexibility index (Phi) is 6.61. The third kappa shape index (κ3) is 5.24. The van der Waals surface area contributed by atoms with Gasteiger partial charge in [-0.25, -0.2) is 4.85 Å². The number of aryl methyl sites for hydroxylation is 1. The summed E-state index contributed by atoms with van der Waals surface area (Å²) in [4.78, 5) is 18.5. The van der Waals surface area contributed by atoms with Crippen LogP contribution >= 0.6 is 15.9 Å². The predicted molar refractivity (Wildman–Crippen MR) is 120 cm³/mol. The average molecular weight is 476 g/mol. The second-order valence-corrected chi connectivity index (χ2v) is 7.13. The molecule has 0 aliphatic heterocycles. The van der Waals surface area contributed by atoms with Gasteiger partial charge in [0.2, 0.25) is 11.7 Å². The van der Waals surface area contributed by atoms with Gasteiger partial charge in [0.1, 0.15) is 5.75 Å². The van der Waals surface area contributed by atoms with Gasteiger partial charge in [0.05, 0.1) is 22.0 Å². The lowest BCUT2D eigenvalue weighted by molar-refractivity contribution is -0.384. The molecule has 3 rings (SSSR count). The van der Waals surface area contributed by atoms with Gasteiger partial charge in [-0.3, -0.25) is 10.1 Å². The number of pyridine rings is 1. The van der Waals surface area contributed by atoms with Crippen molar-refractivity contribution in [2.24, 2.45) is 0 Å². The fourth-order valence-electron chi connectivity index (χ4n) is 2.71. The average Bonchev–Trinajstić information content (AvgIpc) is 2.75. The molecular weight excluding hydrogens is 462 g/mol. The van der Waals surface area contributed by atoms with Crippen molar-refractivity contribution < 1.29 is 9.66 Å². The summed E-state index contributed by atoms with van der Waals surface area (Å²) in [5, 5.41) is 23.0. The normalized spacial score (nSPS) is 10.3. The minimum Gasteiger partial charge on any atom is -0.437 e. The first kappa shape index (κ1) is 21.5. The van der Waals surface area contributed by atoms with Crippen LogP contribution in [0.25, 0.3) is 10.9 Å². The van der Waals surface area contributed by atoms with Gasteiger partial charge < -0.3 is 10.1 Å². The minimum atomic E-state index is -0.538. The van der Waals surface area contributed by atoms with Gasteiger partial charge in [0.25, 0.3) is 0 Å². The minimum absolute atomic E-state index is 0.0143. The number of benzene rings is 2. The highest BCUT2D eigenvalue weighted by Crippen LogP contribution is 2.36. The molecule has 152 valence electrons. The fraction of sp³-hybridized carbons (Fsp3) is 0.0455. The standard InChI is InChI=1S/C22H14BrN5O3/c1-14-12-15(4-3-11-24)13-18(23)21(14)31-20-10-9-19(28(29)30)22(27-20)26-17-7-5-16(25-2)6-8-17/h3-10,12-13H,1H3,(H,26,27)/b4-3+. The van der Waals surface area contributed by atoms with Crippen LogP contribution in [0, 0.1) is 34.9 Å². The molecule has 9 heteroatoms. The van der Waals surface area contributed by atoms with Gasteiger partial charge >= 0.3 is 5.69 Å². The van der Waals surface area contributed by atoms with Crippen LogP contribution in [0.1, 0.15) is 11.1 Å². The van der Waals surface area contributed by atoms with Gasteiger partial charge in [0.15, 0.2) is 5.69 Å². The summed E-state index contributed by atoms with van der Waals surface area (Å²) in [7, 11) is 0. The van der Waals surface area contributed by atoms with E-state index in [0.717, 1.165) is 11.1 Å². The highest BCUT2D eigenvalue weighted by atomic mass is 79.9. The number of nitriles is 1. The van der Waals surface area contributed by atoms with Crippen LogP contribution in [-0.4, -0.2) is 9.91 Å². The Balaban J connectivity index is 1.93. The maximum atomic E-state index is 11.4. The van der Waals surface area contributed by atoms with E-state index in [1.165, 1.54) is 18.2 Å². The lowest BCUT2D eigenvalue weighted by atomic mass is 10.1. The number of nitrogens with zero attached hydrogens (tertiary/aromatic N) is 4. The second-order valence-electron chi connectivity index (χ2n) is 6.27. The maximum absolute atomic E-state index is 11.4. The Morgan fingerprint density at radius 2 is 2.03 bits per heavy atom. The zero-order valence-electron chi connectivity index (χ0n) is 16.2. The largest absolute Gasteiger partial charge is 0.437 e. The van der Waals surface area contributed by atoms with E-state index in [0.29, 0.717) is 21.6 Å². The van der Waals surface area contributed by atoms with Crippen LogP contribution in [0.5, 0.6) is 11.6 Å². The Morgan fingerprint density at radius 3 is 2.65 bits per heavy atom. The molecule has 31 heavy (non-hydrogen) atoms. The van der Waals surface area contributed by atoms with Crippen LogP contribution in [-0.2, 0) is 0 Å². The summed E-state index contributed by atoms with van der Waals surface area (Å²) in [6, 6.07) is 14.8. The SMILES string of the molecule is [C-]#[N+]c1ccc(Nc2nc(Oc3c(C)cc(/C=C/C#N)cc3Br)ccc2[N+](=O)[O-])cc1. The van der Waals surface area contributed by atoms with Gasteiger partial charge in [-0.1, -0.05) is 12.1 Å². The molecule has 8 nitrogen and oxygen atoms in total. The maximum Gasteiger partial charge on any atom is 0.311 e. The molecule has 3 aromatic rings. The molecule has 2 aromatic carbocycles. The van der Waals surface area contributed by atoms with Gasteiger partial charge in [0, 0.05) is 23.9 Å². The third-order valence-corrected chi connectivity index (χ3v) is 4.70. The van der Waals surface area contributed by atoms with E-state index in [9.17, 15) is 10.1 Å². The summed E-state index contributed by atoms with van der Waals surface area (Å²) < 4.78 is 6.55. The molecule has 0 bridgehead atoms. The number of anilines is 2. The number of nitrogens with one attached hydrogen (secondary N) is 1. The second kappa shape index (κ2) is 9.53. The summed E-state index contributed by atoms with van der Waals surface area (Å²) in [5.41, 5.74) is 2.40. The van der Waals surface area contributed by atoms with Crippen molar-refractivity contribution >= 4 is 44.9 Å². The van der Waals surface area contributed by atoms with Gasteiger partial charge in [-0.2, -0.15) is 10.2 Å². The summed E-state index contributed by atoms with van der Waals surface area (Å²) in [6.07, 6.45) is 3.05. The van der Waals surface area contributed by atoms with Crippen molar-refractivity contribution in [2.75, 3.05) is 5.32 Å². The lowest BCUT2D eigenvalue weighted by Gasteiger charge is -2.13. The summed E-state index contributed by atoms with van der Waals surface area (Å²) in [6.45, 7) is 8.85. The number of ether oxygens (including phenoxy) is 1. The zero-order chi connectivity index (χ0) is 22.4. The van der Waals surface area contributed by atoms with Crippen molar-refractivity contribution in [1.29, 1.82) is 5.26 Å². The number of allylic oxidation sites excluding steroid dienone is 1. The molecule has 0 saturated heterocycles. The van der Waals surface area contributed by atoms with Crippen LogP contribution in [0.2, 0.25) is 0 Å². The number of halogens is 1. The first-order valence-corrected chi connectivity index (χ1v) is 9.64. The first-order valence-electron chi connectivity index (χ1n) is 8.85. The van der Waals surface area contributed by atoms with Crippen LogP contribution < -0.4 is 10.1 Å². The van der Waals surface area contributed by atoms with Crippen molar-refractivity contribution in [1.82, 2.24) is 4.98 Å². The number of hydrogen-bond acceptors (Lipinski definition) is 6. The van der Waals surface area contributed by atoms with Crippen molar-refractivity contribution in [3.63, 3.8) is 0 Å². The monoisotopic (exact) mass is 475 g/mol. The zero-order valence-corrected chi connectivity index (χ0v) is 17.8. The van der Waals surface area contributed by atoms with E-state index in [-0.39, 0.29) is 17.4 Å². The molecule has 0 aliphatic rings. The molecule has 0 unspecified atom stereocenters. The molecule has 0 saturated carbocycles. The van der Waals surface area contributed by atoms with Crippen LogP contribution in [0.15, 0.2) is 59.1 Å². The molecule has 0 atom stereocenters. The van der Waals surface area contributed by atoms with Crippen molar-refractivity contribution in [3.8, 4) is 17.7 Å². The third-order valence-electron chi connectivity index (χ3n) is 4.11. The Bertz CT molecular complexity index is 1230. The lowest BCUT2D eigenvalue weighted by Crippen LogP contribution is -2.01. The van der Waals surface area contributed by atoms with E-state index >= 15 is 0 Å². The Morgan fingerprint density at radius 1 is 1.29 bits per heavy atom. The highest BCUT2D eigenvalue weighted by Gasteiger charge is 2.18. The van der Waals surface area contributed by atoms with Gasteiger partial charge in [-0.05, 0) is 64.3 Å². The van der Waals surface area contributed by atoms with E-state index in [2.05, 4.69) is 31.1 Å². The molecule has 1 aromatic heterocycles.